The normalized spacial score (nSPS) is 15.1. The fourth-order valence-corrected chi connectivity index (χ4v) is 5.05. The minimum Gasteiger partial charge on any atom is -0.494 e. The molecule has 0 N–H and O–H groups in total. The molecule has 1 atom stereocenters. The van der Waals surface area contributed by atoms with Gasteiger partial charge in [0.2, 0.25) is 0 Å². The number of hydrogen-bond donors (Lipinski definition) is 0. The topological polar surface area (TPSA) is 52.6 Å². The summed E-state index contributed by atoms with van der Waals surface area (Å²) in [6.45, 7) is 4.97. The summed E-state index contributed by atoms with van der Waals surface area (Å²) in [6, 6.07) is 21.8. The maximum absolute atomic E-state index is 13.5. The molecule has 5 heteroatoms. The van der Waals surface area contributed by atoms with Gasteiger partial charge in [0.25, 0.3) is 0 Å². The first-order valence-electron chi connectivity index (χ1n) is 9.90. The summed E-state index contributed by atoms with van der Waals surface area (Å²) < 4.78 is 24.3. The third-order valence-electron chi connectivity index (χ3n) is 4.85. The van der Waals surface area contributed by atoms with Gasteiger partial charge in [0.15, 0.2) is 5.78 Å². The van der Waals surface area contributed by atoms with Crippen molar-refractivity contribution in [1.29, 1.82) is 0 Å². The summed E-state index contributed by atoms with van der Waals surface area (Å²) in [5, 5.41) is 0. The Hall–Kier alpha value is -3.18. The lowest BCUT2D eigenvalue weighted by atomic mass is 9.94. The average Bonchev–Trinajstić information content (AvgIpc) is 3.07. The van der Waals surface area contributed by atoms with Crippen LogP contribution in [-0.4, -0.2) is 23.2 Å². The molecule has 3 aromatic rings. The zero-order chi connectivity index (χ0) is 21.1. The minimum absolute atomic E-state index is 0.153. The van der Waals surface area contributed by atoms with E-state index in [-0.39, 0.29) is 5.78 Å². The molecular weight excluding hydrogens is 396 g/mol. The molecule has 0 aliphatic carbocycles. The highest BCUT2D eigenvalue weighted by atomic mass is 32.2. The fourth-order valence-electron chi connectivity index (χ4n) is 3.52. The number of carbonyl (C=O) groups is 1. The van der Waals surface area contributed by atoms with Gasteiger partial charge in [-0.15, -0.1) is 0 Å². The van der Waals surface area contributed by atoms with Crippen molar-refractivity contribution in [3.8, 4) is 11.5 Å². The molecule has 0 saturated carbocycles. The van der Waals surface area contributed by atoms with Crippen molar-refractivity contribution in [1.82, 2.24) is 0 Å². The van der Waals surface area contributed by atoms with Crippen LogP contribution < -0.4 is 9.47 Å². The molecule has 152 valence electrons. The van der Waals surface area contributed by atoms with Gasteiger partial charge < -0.3 is 9.47 Å². The van der Waals surface area contributed by atoms with Gasteiger partial charge in [-0.1, -0.05) is 30.3 Å². The Morgan fingerprint density at radius 1 is 0.800 bits per heavy atom. The van der Waals surface area contributed by atoms with Gasteiger partial charge in [-0.05, 0) is 61.9 Å². The maximum atomic E-state index is 13.5. The van der Waals surface area contributed by atoms with Crippen LogP contribution in [0.2, 0.25) is 0 Å². The molecule has 1 unspecified atom stereocenters. The van der Waals surface area contributed by atoms with Crippen LogP contribution in [-0.2, 0) is 10.8 Å². The number of benzene rings is 3. The summed E-state index contributed by atoms with van der Waals surface area (Å²) in [5.41, 5.74) is 2.49. The number of carbonyl (C=O) groups excluding carboxylic acids is 1. The van der Waals surface area contributed by atoms with Gasteiger partial charge in [-0.25, -0.2) is 4.21 Å². The summed E-state index contributed by atoms with van der Waals surface area (Å²) in [6.07, 6.45) is 0. The lowest BCUT2D eigenvalue weighted by Gasteiger charge is -2.09. The van der Waals surface area contributed by atoms with E-state index in [0.29, 0.717) is 39.9 Å². The predicted molar refractivity (Wildman–Crippen MR) is 119 cm³/mol. The van der Waals surface area contributed by atoms with Crippen LogP contribution in [0.15, 0.2) is 77.7 Å². The molecule has 30 heavy (non-hydrogen) atoms. The summed E-state index contributed by atoms with van der Waals surface area (Å²) >= 11 is 0. The van der Waals surface area contributed by atoms with Gasteiger partial charge in [0.1, 0.15) is 11.5 Å². The number of hydrogen-bond acceptors (Lipinski definition) is 4. The van der Waals surface area contributed by atoms with Crippen molar-refractivity contribution in [3.05, 3.63) is 89.5 Å². The molecule has 0 amide bonds. The Bertz CT molecular complexity index is 1130. The van der Waals surface area contributed by atoms with Crippen LogP contribution in [0.25, 0.3) is 10.5 Å². The lowest BCUT2D eigenvalue weighted by molar-refractivity contribution is 0.105. The number of ketones is 1. The van der Waals surface area contributed by atoms with Crippen LogP contribution in [0.3, 0.4) is 0 Å². The molecule has 3 aromatic carbocycles. The Labute approximate surface area is 178 Å². The van der Waals surface area contributed by atoms with Crippen LogP contribution >= 0.6 is 0 Å². The van der Waals surface area contributed by atoms with Gasteiger partial charge in [-0.2, -0.15) is 0 Å². The quantitative estimate of drug-likeness (QED) is 0.485. The van der Waals surface area contributed by atoms with E-state index in [1.807, 2.05) is 62.4 Å². The van der Waals surface area contributed by atoms with Gasteiger partial charge in [0.05, 0.1) is 33.8 Å². The second-order valence-corrected chi connectivity index (χ2v) is 8.10. The van der Waals surface area contributed by atoms with E-state index >= 15 is 0 Å². The van der Waals surface area contributed by atoms with E-state index in [9.17, 15) is 9.00 Å². The smallest absolute Gasteiger partial charge is 0.194 e. The number of fused-ring (bicyclic) bond motifs is 1. The second-order valence-electron chi connectivity index (χ2n) is 6.71. The Balaban J connectivity index is 1.82. The molecule has 0 bridgehead atoms. The summed E-state index contributed by atoms with van der Waals surface area (Å²) in [4.78, 5) is 14.7. The van der Waals surface area contributed by atoms with Crippen molar-refractivity contribution in [2.45, 2.75) is 18.7 Å². The molecule has 0 aromatic heterocycles. The Morgan fingerprint density at radius 3 is 1.97 bits per heavy atom. The third kappa shape index (κ3) is 3.68. The van der Waals surface area contributed by atoms with E-state index in [0.717, 1.165) is 16.9 Å². The van der Waals surface area contributed by atoms with Crippen molar-refractivity contribution < 1.29 is 18.5 Å². The highest BCUT2D eigenvalue weighted by Crippen LogP contribution is 2.43. The number of ether oxygens (including phenoxy) is 2. The van der Waals surface area contributed by atoms with Crippen molar-refractivity contribution in [2.75, 3.05) is 13.2 Å². The second kappa shape index (κ2) is 8.67. The highest BCUT2D eigenvalue weighted by molar-refractivity contribution is 7.95. The van der Waals surface area contributed by atoms with Gasteiger partial charge in [-0.3, -0.25) is 4.79 Å². The standard InChI is InChI=1S/C25H22O4S/c1-3-28-19-13-9-17(10-14-19)24(26)23-21-7-5-6-8-22(21)30(27)25(23)18-11-15-20(16-12-18)29-4-2/h5-16H,3-4H2,1-2H3. The maximum Gasteiger partial charge on any atom is 0.194 e. The minimum atomic E-state index is -1.44. The van der Waals surface area contributed by atoms with E-state index < -0.39 is 10.8 Å². The van der Waals surface area contributed by atoms with Crippen LogP contribution in [0.5, 0.6) is 11.5 Å². The predicted octanol–water partition coefficient (Wildman–Crippen LogP) is 5.36. The molecule has 0 fully saturated rings. The molecule has 0 radical (unpaired) electrons. The number of rotatable bonds is 7. The number of allylic oxidation sites excluding steroid dienone is 1. The Kier molecular flexibility index (Phi) is 5.81. The third-order valence-corrected chi connectivity index (χ3v) is 6.42. The van der Waals surface area contributed by atoms with E-state index in [1.54, 1.807) is 24.3 Å². The van der Waals surface area contributed by atoms with Crippen LogP contribution in [0.4, 0.5) is 0 Å². The molecule has 1 heterocycles. The fraction of sp³-hybridized carbons (Fsp3) is 0.160. The molecule has 0 spiro atoms. The largest absolute Gasteiger partial charge is 0.494 e. The van der Waals surface area contributed by atoms with Crippen molar-refractivity contribution >= 4 is 27.1 Å². The zero-order valence-corrected chi connectivity index (χ0v) is 17.7. The zero-order valence-electron chi connectivity index (χ0n) is 16.9. The van der Waals surface area contributed by atoms with E-state index in [2.05, 4.69) is 0 Å². The van der Waals surface area contributed by atoms with Crippen LogP contribution in [0, 0.1) is 0 Å². The van der Waals surface area contributed by atoms with Gasteiger partial charge in [0, 0.05) is 16.7 Å². The molecular formula is C25H22O4S. The number of Topliss-reactive ketones (excluding diaryl/α,β-unsaturated/α-hetero) is 1. The Morgan fingerprint density at radius 2 is 1.37 bits per heavy atom. The molecule has 4 rings (SSSR count). The van der Waals surface area contributed by atoms with Crippen molar-refractivity contribution in [3.63, 3.8) is 0 Å². The van der Waals surface area contributed by atoms with Crippen LogP contribution in [0.1, 0.15) is 35.3 Å². The monoisotopic (exact) mass is 418 g/mol. The summed E-state index contributed by atoms with van der Waals surface area (Å²) in [5.74, 6) is 1.30. The first-order chi connectivity index (χ1) is 14.6. The lowest BCUT2D eigenvalue weighted by Crippen LogP contribution is -2.04. The molecule has 1 aliphatic rings. The van der Waals surface area contributed by atoms with Crippen molar-refractivity contribution in [2.24, 2.45) is 0 Å². The molecule has 1 aliphatic heterocycles. The highest BCUT2D eigenvalue weighted by Gasteiger charge is 2.33. The first kappa shape index (κ1) is 20.1. The van der Waals surface area contributed by atoms with Gasteiger partial charge >= 0.3 is 0 Å². The molecule has 0 saturated heterocycles. The SMILES string of the molecule is CCOc1ccc(C(=O)C2=C(c3ccc(OCC)cc3)S(=O)c3ccccc32)cc1. The summed E-state index contributed by atoms with van der Waals surface area (Å²) in [7, 11) is -1.44. The average molecular weight is 419 g/mol. The first-order valence-corrected chi connectivity index (χ1v) is 11.0. The van der Waals surface area contributed by atoms with E-state index in [4.69, 9.17) is 9.47 Å². The molecule has 4 nitrogen and oxygen atoms in total. The van der Waals surface area contributed by atoms with E-state index in [1.165, 1.54) is 0 Å².